The fourth-order valence-electron chi connectivity index (χ4n) is 1.26. The smallest absolute Gasteiger partial charge is 0.212 e. The SMILES string of the molecule is CNS(=O)(=O)CCNC(C)c1ccc(F)cn1. The summed E-state index contributed by atoms with van der Waals surface area (Å²) in [6, 6.07) is 2.77. The third-order valence-electron chi connectivity index (χ3n) is 2.33. The van der Waals surface area contributed by atoms with Crippen molar-refractivity contribution in [3.05, 3.63) is 29.8 Å². The Bertz CT molecular complexity index is 447. The van der Waals surface area contributed by atoms with Gasteiger partial charge >= 0.3 is 0 Å². The number of nitrogens with one attached hydrogen (secondary N) is 2. The molecule has 0 radical (unpaired) electrons. The molecule has 0 aromatic carbocycles. The van der Waals surface area contributed by atoms with Crippen LogP contribution in [0.5, 0.6) is 0 Å². The van der Waals surface area contributed by atoms with Crippen molar-refractivity contribution in [2.75, 3.05) is 19.3 Å². The van der Waals surface area contributed by atoms with Gasteiger partial charge in [0.2, 0.25) is 10.0 Å². The van der Waals surface area contributed by atoms with Gasteiger partial charge < -0.3 is 5.32 Å². The van der Waals surface area contributed by atoms with Crippen molar-refractivity contribution in [3.63, 3.8) is 0 Å². The van der Waals surface area contributed by atoms with E-state index in [1.165, 1.54) is 13.1 Å². The molecule has 2 N–H and O–H groups in total. The second kappa shape index (κ2) is 6.04. The summed E-state index contributed by atoms with van der Waals surface area (Å²) in [5.74, 6) is -0.395. The zero-order chi connectivity index (χ0) is 12.9. The van der Waals surface area contributed by atoms with E-state index in [-0.39, 0.29) is 11.8 Å². The largest absolute Gasteiger partial charge is 0.308 e. The third-order valence-corrected chi connectivity index (χ3v) is 3.69. The maximum atomic E-state index is 12.6. The fraction of sp³-hybridized carbons (Fsp3) is 0.500. The Morgan fingerprint density at radius 1 is 1.47 bits per heavy atom. The van der Waals surface area contributed by atoms with Crippen LogP contribution in [0, 0.1) is 5.82 Å². The van der Waals surface area contributed by atoms with Crippen molar-refractivity contribution in [1.82, 2.24) is 15.0 Å². The molecule has 0 saturated carbocycles. The molecule has 0 spiro atoms. The molecule has 1 atom stereocenters. The molecule has 0 aliphatic carbocycles. The van der Waals surface area contributed by atoms with Crippen LogP contribution >= 0.6 is 0 Å². The number of pyridine rings is 1. The first-order valence-electron chi connectivity index (χ1n) is 5.20. The molecule has 1 heterocycles. The second-order valence-corrected chi connectivity index (χ2v) is 5.65. The molecule has 1 rings (SSSR count). The van der Waals surface area contributed by atoms with Crippen molar-refractivity contribution < 1.29 is 12.8 Å². The van der Waals surface area contributed by atoms with Crippen molar-refractivity contribution >= 4 is 10.0 Å². The number of halogens is 1. The molecule has 0 aliphatic rings. The van der Waals surface area contributed by atoms with Crippen LogP contribution in [0.4, 0.5) is 4.39 Å². The van der Waals surface area contributed by atoms with Gasteiger partial charge in [-0.15, -0.1) is 0 Å². The monoisotopic (exact) mass is 261 g/mol. The average molecular weight is 261 g/mol. The van der Waals surface area contributed by atoms with Gasteiger partial charge in [0.1, 0.15) is 5.82 Å². The summed E-state index contributed by atoms with van der Waals surface area (Å²) >= 11 is 0. The van der Waals surface area contributed by atoms with Gasteiger partial charge in [-0.05, 0) is 26.1 Å². The highest BCUT2D eigenvalue weighted by molar-refractivity contribution is 7.89. The summed E-state index contributed by atoms with van der Waals surface area (Å²) in [7, 11) is -1.82. The highest BCUT2D eigenvalue weighted by Crippen LogP contribution is 2.08. The van der Waals surface area contributed by atoms with E-state index in [9.17, 15) is 12.8 Å². The van der Waals surface area contributed by atoms with Crippen LogP contribution in [-0.4, -0.2) is 32.7 Å². The van der Waals surface area contributed by atoms with E-state index in [2.05, 4.69) is 15.0 Å². The summed E-state index contributed by atoms with van der Waals surface area (Å²) in [5, 5.41) is 3.00. The Kier molecular flexibility index (Phi) is 4.98. The van der Waals surface area contributed by atoms with Gasteiger partial charge in [-0.3, -0.25) is 4.98 Å². The van der Waals surface area contributed by atoms with Gasteiger partial charge in [-0.2, -0.15) is 0 Å². The Labute approximate surface area is 101 Å². The Morgan fingerprint density at radius 2 is 2.18 bits per heavy atom. The summed E-state index contributed by atoms with van der Waals surface area (Å²) < 4.78 is 37.2. The summed E-state index contributed by atoms with van der Waals surface area (Å²) in [5.41, 5.74) is 0.674. The van der Waals surface area contributed by atoms with Crippen LogP contribution in [0.15, 0.2) is 18.3 Å². The molecule has 0 bridgehead atoms. The number of aromatic nitrogens is 1. The van der Waals surface area contributed by atoms with Gasteiger partial charge in [-0.25, -0.2) is 17.5 Å². The van der Waals surface area contributed by atoms with E-state index in [0.717, 1.165) is 6.20 Å². The zero-order valence-corrected chi connectivity index (χ0v) is 10.6. The molecule has 96 valence electrons. The van der Waals surface area contributed by atoms with Crippen molar-refractivity contribution in [2.45, 2.75) is 13.0 Å². The standard InChI is InChI=1S/C10H16FN3O2S/c1-8(10-4-3-9(11)7-14-10)13-5-6-17(15,16)12-2/h3-4,7-8,12-13H,5-6H2,1-2H3. The number of hydrogen-bond acceptors (Lipinski definition) is 4. The molecule has 7 heteroatoms. The maximum Gasteiger partial charge on any atom is 0.212 e. The highest BCUT2D eigenvalue weighted by atomic mass is 32.2. The molecule has 0 fully saturated rings. The lowest BCUT2D eigenvalue weighted by Crippen LogP contribution is -2.31. The van der Waals surface area contributed by atoms with E-state index < -0.39 is 15.8 Å². The van der Waals surface area contributed by atoms with Gasteiger partial charge in [0.25, 0.3) is 0 Å². The fourth-order valence-corrected chi connectivity index (χ4v) is 1.85. The lowest BCUT2D eigenvalue weighted by atomic mass is 10.2. The minimum atomic E-state index is -3.20. The van der Waals surface area contributed by atoms with E-state index >= 15 is 0 Å². The first kappa shape index (κ1) is 14.0. The van der Waals surface area contributed by atoms with Crippen LogP contribution in [0.3, 0.4) is 0 Å². The molecule has 5 nitrogen and oxygen atoms in total. The topological polar surface area (TPSA) is 71.1 Å². The summed E-state index contributed by atoms with van der Waals surface area (Å²) in [6.45, 7) is 2.15. The molecule has 0 saturated heterocycles. The van der Waals surface area contributed by atoms with E-state index in [0.29, 0.717) is 12.2 Å². The average Bonchev–Trinajstić information content (AvgIpc) is 2.29. The molecular weight excluding hydrogens is 245 g/mol. The highest BCUT2D eigenvalue weighted by Gasteiger charge is 2.09. The van der Waals surface area contributed by atoms with E-state index in [1.54, 1.807) is 6.07 Å². The van der Waals surface area contributed by atoms with Crippen LogP contribution in [0.1, 0.15) is 18.7 Å². The van der Waals surface area contributed by atoms with Crippen molar-refractivity contribution in [3.8, 4) is 0 Å². The predicted molar refractivity (Wildman–Crippen MR) is 63.5 cm³/mol. The quantitative estimate of drug-likeness (QED) is 0.778. The Balaban J connectivity index is 2.45. The zero-order valence-electron chi connectivity index (χ0n) is 9.77. The molecule has 1 aromatic heterocycles. The maximum absolute atomic E-state index is 12.6. The van der Waals surface area contributed by atoms with Gasteiger partial charge in [-0.1, -0.05) is 0 Å². The molecule has 1 unspecified atom stereocenters. The summed E-state index contributed by atoms with van der Waals surface area (Å²) in [4.78, 5) is 3.91. The van der Waals surface area contributed by atoms with Gasteiger partial charge in [0.15, 0.2) is 0 Å². The Morgan fingerprint density at radius 3 is 2.71 bits per heavy atom. The normalized spacial score (nSPS) is 13.6. The predicted octanol–water partition coefficient (Wildman–Crippen LogP) is 0.420. The van der Waals surface area contributed by atoms with Crippen molar-refractivity contribution in [1.29, 1.82) is 0 Å². The van der Waals surface area contributed by atoms with Crippen LogP contribution < -0.4 is 10.0 Å². The summed E-state index contributed by atoms with van der Waals surface area (Å²) in [6.07, 6.45) is 1.14. The number of sulfonamides is 1. The van der Waals surface area contributed by atoms with Crippen LogP contribution in [-0.2, 0) is 10.0 Å². The number of nitrogens with zero attached hydrogens (tertiary/aromatic N) is 1. The molecule has 0 amide bonds. The van der Waals surface area contributed by atoms with Crippen LogP contribution in [0.25, 0.3) is 0 Å². The van der Waals surface area contributed by atoms with E-state index in [4.69, 9.17) is 0 Å². The molecule has 1 aromatic rings. The van der Waals surface area contributed by atoms with Crippen LogP contribution in [0.2, 0.25) is 0 Å². The molecular formula is C10H16FN3O2S. The third kappa shape index (κ3) is 4.76. The Hall–Kier alpha value is -1.05. The first-order valence-corrected chi connectivity index (χ1v) is 6.86. The lowest BCUT2D eigenvalue weighted by Gasteiger charge is -2.12. The minimum absolute atomic E-state index is 0.00493. The second-order valence-electron chi connectivity index (χ2n) is 3.60. The molecule has 0 aliphatic heterocycles. The first-order chi connectivity index (χ1) is 7.94. The number of hydrogen-bond donors (Lipinski definition) is 2. The van der Waals surface area contributed by atoms with Crippen molar-refractivity contribution in [2.24, 2.45) is 0 Å². The van der Waals surface area contributed by atoms with Gasteiger partial charge in [0.05, 0.1) is 17.6 Å². The lowest BCUT2D eigenvalue weighted by molar-refractivity contribution is 0.557. The van der Waals surface area contributed by atoms with Gasteiger partial charge in [0, 0.05) is 12.6 Å². The molecule has 17 heavy (non-hydrogen) atoms. The van der Waals surface area contributed by atoms with E-state index in [1.807, 2.05) is 6.92 Å². The minimum Gasteiger partial charge on any atom is -0.308 e. The number of rotatable bonds is 6.